The molecule has 134 valence electrons. The van der Waals surface area contributed by atoms with Crippen LogP contribution < -0.4 is 0 Å². The van der Waals surface area contributed by atoms with Crippen LogP contribution in [0.15, 0.2) is 5.38 Å². The van der Waals surface area contributed by atoms with E-state index in [0.717, 1.165) is 44.0 Å². The third kappa shape index (κ3) is 4.77. The highest BCUT2D eigenvalue weighted by atomic mass is 32.1. The molecule has 3 rings (SSSR count). The van der Waals surface area contributed by atoms with Gasteiger partial charge in [0.25, 0.3) is 5.91 Å². The van der Waals surface area contributed by atoms with E-state index in [-0.39, 0.29) is 12.0 Å². The second-order valence-electron chi connectivity index (χ2n) is 6.84. The standard InChI is InChI=1S/C18H29N3O2S/c1-2-7-17-19-16(14-24-17)18(22)21-10-6-11-23-15(13-21)12-20-8-4-3-5-9-20/h14-15H,2-13H2,1H3/t15-/m1/s1. The molecule has 2 saturated heterocycles. The first-order chi connectivity index (χ1) is 11.8. The molecule has 0 unspecified atom stereocenters. The maximum atomic E-state index is 12.8. The van der Waals surface area contributed by atoms with E-state index >= 15 is 0 Å². The summed E-state index contributed by atoms with van der Waals surface area (Å²) in [6, 6.07) is 0. The summed E-state index contributed by atoms with van der Waals surface area (Å²) < 4.78 is 6.01. The van der Waals surface area contributed by atoms with Gasteiger partial charge in [-0.1, -0.05) is 13.3 Å². The van der Waals surface area contributed by atoms with Gasteiger partial charge in [-0.3, -0.25) is 4.79 Å². The van der Waals surface area contributed by atoms with Crippen molar-refractivity contribution in [1.82, 2.24) is 14.8 Å². The second-order valence-corrected chi connectivity index (χ2v) is 7.78. The molecule has 24 heavy (non-hydrogen) atoms. The van der Waals surface area contributed by atoms with Crippen molar-refractivity contribution in [3.05, 3.63) is 16.1 Å². The highest BCUT2D eigenvalue weighted by molar-refractivity contribution is 7.09. The van der Waals surface area contributed by atoms with E-state index in [1.807, 2.05) is 10.3 Å². The van der Waals surface area contributed by atoms with Gasteiger partial charge in [-0.15, -0.1) is 11.3 Å². The average molecular weight is 352 g/mol. The molecule has 1 aromatic heterocycles. The molecule has 2 aliphatic rings. The third-order valence-corrected chi connectivity index (χ3v) is 5.69. The molecule has 5 nitrogen and oxygen atoms in total. The zero-order valence-corrected chi connectivity index (χ0v) is 15.5. The lowest BCUT2D eigenvalue weighted by Crippen LogP contribution is -2.44. The maximum absolute atomic E-state index is 12.8. The van der Waals surface area contributed by atoms with Gasteiger partial charge < -0.3 is 14.5 Å². The molecule has 3 heterocycles. The van der Waals surface area contributed by atoms with Crippen LogP contribution in [0.4, 0.5) is 0 Å². The van der Waals surface area contributed by atoms with Crippen molar-refractivity contribution in [2.24, 2.45) is 0 Å². The quantitative estimate of drug-likeness (QED) is 0.818. The van der Waals surface area contributed by atoms with Gasteiger partial charge in [0.1, 0.15) is 5.69 Å². The highest BCUT2D eigenvalue weighted by Gasteiger charge is 2.26. The van der Waals surface area contributed by atoms with Crippen LogP contribution in [0.3, 0.4) is 0 Å². The van der Waals surface area contributed by atoms with E-state index in [1.54, 1.807) is 11.3 Å². The van der Waals surface area contributed by atoms with Crippen LogP contribution >= 0.6 is 11.3 Å². The first kappa shape index (κ1) is 17.8. The Morgan fingerprint density at radius 1 is 1.29 bits per heavy atom. The molecule has 2 aliphatic heterocycles. The van der Waals surface area contributed by atoms with Crippen molar-refractivity contribution >= 4 is 17.2 Å². The van der Waals surface area contributed by atoms with Crippen LogP contribution in [-0.2, 0) is 11.2 Å². The van der Waals surface area contributed by atoms with Crippen LogP contribution in [0.5, 0.6) is 0 Å². The van der Waals surface area contributed by atoms with E-state index in [9.17, 15) is 4.79 Å². The number of nitrogens with zero attached hydrogens (tertiary/aromatic N) is 3. The molecule has 0 aromatic carbocycles. The summed E-state index contributed by atoms with van der Waals surface area (Å²) in [7, 11) is 0. The molecule has 0 saturated carbocycles. The molecule has 1 amide bonds. The molecular formula is C18H29N3O2S. The fraction of sp³-hybridized carbons (Fsp3) is 0.778. The van der Waals surface area contributed by atoms with Gasteiger partial charge in [-0.2, -0.15) is 0 Å². The number of aryl methyl sites for hydroxylation is 1. The summed E-state index contributed by atoms with van der Waals surface area (Å²) in [6.07, 6.45) is 6.98. The number of rotatable bonds is 5. The number of hydrogen-bond donors (Lipinski definition) is 0. The van der Waals surface area contributed by atoms with E-state index in [2.05, 4.69) is 16.8 Å². The fourth-order valence-corrected chi connectivity index (χ4v) is 4.39. The van der Waals surface area contributed by atoms with Crippen molar-refractivity contribution < 1.29 is 9.53 Å². The number of amides is 1. The fourth-order valence-electron chi connectivity index (χ4n) is 3.52. The molecule has 0 aliphatic carbocycles. The zero-order chi connectivity index (χ0) is 16.8. The molecule has 6 heteroatoms. The summed E-state index contributed by atoms with van der Waals surface area (Å²) in [5.74, 6) is 0.0720. The number of thiazole rings is 1. The summed E-state index contributed by atoms with van der Waals surface area (Å²) in [6.45, 7) is 7.63. The number of aromatic nitrogens is 1. The number of ether oxygens (including phenoxy) is 1. The number of likely N-dealkylation sites (tertiary alicyclic amines) is 1. The molecular weight excluding hydrogens is 322 g/mol. The van der Waals surface area contributed by atoms with Crippen LogP contribution in [0.2, 0.25) is 0 Å². The highest BCUT2D eigenvalue weighted by Crippen LogP contribution is 2.17. The maximum Gasteiger partial charge on any atom is 0.273 e. The predicted molar refractivity (Wildman–Crippen MR) is 96.7 cm³/mol. The van der Waals surface area contributed by atoms with Gasteiger partial charge >= 0.3 is 0 Å². The van der Waals surface area contributed by atoms with Crippen molar-refractivity contribution in [3.63, 3.8) is 0 Å². The average Bonchev–Trinajstić information content (AvgIpc) is 2.94. The molecule has 1 atom stereocenters. The summed E-state index contributed by atoms with van der Waals surface area (Å²) in [5, 5.41) is 2.98. The van der Waals surface area contributed by atoms with Gasteiger partial charge in [-0.25, -0.2) is 4.98 Å². The van der Waals surface area contributed by atoms with Crippen LogP contribution in [-0.4, -0.2) is 66.1 Å². The molecule has 1 aromatic rings. The van der Waals surface area contributed by atoms with Crippen molar-refractivity contribution in [3.8, 4) is 0 Å². The largest absolute Gasteiger partial charge is 0.375 e. The first-order valence-electron chi connectivity index (χ1n) is 9.34. The van der Waals surface area contributed by atoms with E-state index < -0.39 is 0 Å². The van der Waals surface area contributed by atoms with E-state index in [0.29, 0.717) is 12.2 Å². The Hall–Kier alpha value is -0.980. The zero-order valence-electron chi connectivity index (χ0n) is 14.7. The Bertz CT molecular complexity index is 528. The molecule has 0 N–H and O–H groups in total. The van der Waals surface area contributed by atoms with Crippen LogP contribution in [0.1, 0.15) is 54.5 Å². The van der Waals surface area contributed by atoms with Crippen molar-refractivity contribution in [2.75, 3.05) is 39.3 Å². The van der Waals surface area contributed by atoms with E-state index in [4.69, 9.17) is 4.74 Å². The van der Waals surface area contributed by atoms with Crippen molar-refractivity contribution in [2.45, 2.75) is 51.6 Å². The number of piperidine rings is 1. The normalized spacial score (nSPS) is 23.2. The molecule has 0 bridgehead atoms. The Labute approximate surface area is 149 Å². The number of hydrogen-bond acceptors (Lipinski definition) is 5. The Balaban J connectivity index is 1.59. The van der Waals surface area contributed by atoms with Crippen molar-refractivity contribution in [1.29, 1.82) is 0 Å². The van der Waals surface area contributed by atoms with Gasteiger partial charge in [0, 0.05) is 31.6 Å². The molecule has 0 radical (unpaired) electrons. The minimum Gasteiger partial charge on any atom is -0.375 e. The van der Waals surface area contributed by atoms with Gasteiger partial charge in [0.05, 0.1) is 11.1 Å². The second kappa shape index (κ2) is 8.92. The predicted octanol–water partition coefficient (Wildman–Crippen LogP) is 2.81. The van der Waals surface area contributed by atoms with Crippen LogP contribution in [0.25, 0.3) is 0 Å². The molecule has 2 fully saturated rings. The SMILES string of the molecule is CCCc1nc(C(=O)N2CCCO[C@H](CN3CCCCC3)C2)cs1. The topological polar surface area (TPSA) is 45.7 Å². The summed E-state index contributed by atoms with van der Waals surface area (Å²) in [4.78, 5) is 21.8. The van der Waals surface area contributed by atoms with Gasteiger partial charge in [-0.05, 0) is 45.2 Å². The van der Waals surface area contributed by atoms with Gasteiger partial charge in [0.15, 0.2) is 0 Å². The number of carbonyl (C=O) groups is 1. The minimum atomic E-state index is 0.0720. The lowest BCUT2D eigenvalue weighted by molar-refractivity contribution is 0.0215. The van der Waals surface area contributed by atoms with Gasteiger partial charge in [0.2, 0.25) is 0 Å². The number of carbonyl (C=O) groups excluding carboxylic acids is 1. The summed E-state index contributed by atoms with van der Waals surface area (Å²) in [5.41, 5.74) is 0.613. The van der Waals surface area contributed by atoms with E-state index in [1.165, 1.54) is 32.4 Å². The Kier molecular flexibility index (Phi) is 6.63. The van der Waals surface area contributed by atoms with Crippen LogP contribution in [0, 0.1) is 0 Å². The third-order valence-electron chi connectivity index (χ3n) is 4.78. The monoisotopic (exact) mass is 351 g/mol. The first-order valence-corrected chi connectivity index (χ1v) is 10.2. The Morgan fingerprint density at radius 3 is 2.92 bits per heavy atom. The lowest BCUT2D eigenvalue weighted by atomic mass is 10.1. The lowest BCUT2D eigenvalue weighted by Gasteiger charge is -2.31. The molecule has 0 spiro atoms. The Morgan fingerprint density at radius 2 is 2.12 bits per heavy atom. The summed E-state index contributed by atoms with van der Waals surface area (Å²) >= 11 is 1.60. The smallest absolute Gasteiger partial charge is 0.273 e. The minimum absolute atomic E-state index is 0.0720.